The van der Waals surface area contributed by atoms with Crippen molar-refractivity contribution in [2.75, 3.05) is 13.1 Å². The largest absolute Gasteiger partial charge is 0.296 e. The molecule has 3 aromatic rings. The van der Waals surface area contributed by atoms with Gasteiger partial charge in [-0.1, -0.05) is 18.2 Å². The van der Waals surface area contributed by atoms with Gasteiger partial charge in [0.15, 0.2) is 0 Å². The van der Waals surface area contributed by atoms with Gasteiger partial charge in [-0.05, 0) is 62.1 Å². The van der Waals surface area contributed by atoms with Gasteiger partial charge >= 0.3 is 0 Å². The quantitative estimate of drug-likeness (QED) is 0.681. The summed E-state index contributed by atoms with van der Waals surface area (Å²) in [5.74, 6) is 0. The molecule has 2 aromatic carbocycles. The number of aromatic nitrogens is 2. The lowest BCUT2D eigenvalue weighted by Gasteiger charge is -2.32. The third kappa shape index (κ3) is 3.36. The first-order valence-corrected chi connectivity index (χ1v) is 10.8. The normalized spacial score (nSPS) is 16.5. The molecule has 0 aliphatic carbocycles. The summed E-state index contributed by atoms with van der Waals surface area (Å²) in [5.41, 5.74) is 2.48. The highest BCUT2D eigenvalue weighted by Gasteiger charge is 2.30. The fraction of sp³-hybridized carbons (Fsp3) is 0.333. The summed E-state index contributed by atoms with van der Waals surface area (Å²) in [5, 5.41) is 0.593. The van der Waals surface area contributed by atoms with Crippen LogP contribution in [0.25, 0.3) is 10.9 Å². The van der Waals surface area contributed by atoms with Crippen molar-refractivity contribution in [3.8, 4) is 0 Å². The molecule has 1 aromatic heterocycles. The molecule has 146 valence electrons. The summed E-state index contributed by atoms with van der Waals surface area (Å²) in [7, 11) is -3.53. The molecule has 1 aliphatic rings. The number of nitrogens with zero attached hydrogens (tertiary/aromatic N) is 3. The van der Waals surface area contributed by atoms with Crippen molar-refractivity contribution in [2.45, 2.75) is 37.6 Å². The highest BCUT2D eigenvalue weighted by atomic mass is 32.2. The Hall–Kier alpha value is -2.51. The van der Waals surface area contributed by atoms with Crippen LogP contribution in [0.5, 0.6) is 0 Å². The van der Waals surface area contributed by atoms with E-state index >= 15 is 0 Å². The Morgan fingerprint density at radius 2 is 1.64 bits per heavy atom. The Bertz CT molecular complexity index is 1170. The fourth-order valence-corrected chi connectivity index (χ4v) is 5.59. The molecule has 6 nitrogen and oxygen atoms in total. The number of aryl methyl sites for hydroxylation is 2. The highest BCUT2D eigenvalue weighted by Crippen LogP contribution is 2.27. The van der Waals surface area contributed by atoms with Gasteiger partial charge in [-0.2, -0.15) is 4.31 Å². The average molecular weight is 398 g/mol. The smallest absolute Gasteiger partial charge is 0.261 e. The number of para-hydroxylation sites is 1. The van der Waals surface area contributed by atoms with E-state index in [1.807, 2.05) is 38.1 Å². The molecule has 0 saturated carbocycles. The van der Waals surface area contributed by atoms with E-state index in [0.717, 1.165) is 11.1 Å². The Kier molecular flexibility index (Phi) is 4.81. The van der Waals surface area contributed by atoms with E-state index in [-0.39, 0.29) is 11.6 Å². The monoisotopic (exact) mass is 397 g/mol. The predicted octanol–water partition coefficient (Wildman–Crippen LogP) is 3.04. The van der Waals surface area contributed by atoms with E-state index in [1.54, 1.807) is 29.1 Å². The van der Waals surface area contributed by atoms with Crippen LogP contribution < -0.4 is 5.56 Å². The van der Waals surface area contributed by atoms with E-state index in [2.05, 4.69) is 4.98 Å². The van der Waals surface area contributed by atoms with Crippen LogP contribution in [0.2, 0.25) is 0 Å². The SMILES string of the molecule is Cc1cc(C)cc(S(=O)(=O)N2CCC(n3cnc4ccccc4c3=O)CC2)c1. The molecule has 0 bridgehead atoms. The second-order valence-corrected chi connectivity index (χ2v) is 9.37. The van der Waals surface area contributed by atoms with Crippen LogP contribution >= 0.6 is 0 Å². The van der Waals surface area contributed by atoms with Gasteiger partial charge in [0.1, 0.15) is 0 Å². The first kappa shape index (κ1) is 18.8. The topological polar surface area (TPSA) is 72.3 Å². The lowest BCUT2D eigenvalue weighted by Crippen LogP contribution is -2.40. The van der Waals surface area contributed by atoms with Crippen molar-refractivity contribution in [1.82, 2.24) is 13.9 Å². The van der Waals surface area contributed by atoms with Crippen molar-refractivity contribution in [2.24, 2.45) is 0 Å². The van der Waals surface area contributed by atoms with Crippen LogP contribution in [-0.2, 0) is 10.0 Å². The van der Waals surface area contributed by atoms with Crippen LogP contribution in [-0.4, -0.2) is 35.4 Å². The van der Waals surface area contributed by atoms with Gasteiger partial charge in [-0.3, -0.25) is 9.36 Å². The molecule has 1 fully saturated rings. The Balaban J connectivity index is 1.56. The van der Waals surface area contributed by atoms with Crippen molar-refractivity contribution >= 4 is 20.9 Å². The van der Waals surface area contributed by atoms with Crippen molar-refractivity contribution in [3.05, 3.63) is 70.3 Å². The molecule has 0 spiro atoms. The Labute approximate surface area is 164 Å². The van der Waals surface area contributed by atoms with Gasteiger partial charge in [0.2, 0.25) is 10.0 Å². The number of benzene rings is 2. The molecule has 0 N–H and O–H groups in total. The summed E-state index contributed by atoms with van der Waals surface area (Å²) >= 11 is 0. The van der Waals surface area contributed by atoms with Crippen molar-refractivity contribution < 1.29 is 8.42 Å². The summed E-state index contributed by atoms with van der Waals surface area (Å²) in [4.78, 5) is 17.5. The summed E-state index contributed by atoms with van der Waals surface area (Å²) in [6.45, 7) is 4.58. The van der Waals surface area contributed by atoms with E-state index < -0.39 is 10.0 Å². The number of fused-ring (bicyclic) bond motifs is 1. The molecule has 1 aliphatic heterocycles. The van der Waals surface area contributed by atoms with Gasteiger partial charge in [0.05, 0.1) is 22.1 Å². The van der Waals surface area contributed by atoms with Crippen molar-refractivity contribution in [1.29, 1.82) is 0 Å². The Morgan fingerprint density at radius 3 is 2.32 bits per heavy atom. The number of piperidine rings is 1. The zero-order valence-corrected chi connectivity index (χ0v) is 16.8. The first-order valence-electron chi connectivity index (χ1n) is 9.40. The fourth-order valence-electron chi connectivity index (χ4n) is 3.93. The van der Waals surface area contributed by atoms with Gasteiger partial charge < -0.3 is 0 Å². The zero-order chi connectivity index (χ0) is 19.9. The average Bonchev–Trinajstić information content (AvgIpc) is 2.68. The van der Waals surface area contributed by atoms with Crippen LogP contribution in [0.4, 0.5) is 0 Å². The lowest BCUT2D eigenvalue weighted by molar-refractivity contribution is 0.269. The number of rotatable bonds is 3. The van der Waals surface area contributed by atoms with Gasteiger partial charge in [0.25, 0.3) is 5.56 Å². The van der Waals surface area contributed by atoms with Gasteiger partial charge in [-0.15, -0.1) is 0 Å². The maximum absolute atomic E-state index is 13.0. The third-order valence-electron chi connectivity index (χ3n) is 5.34. The van der Waals surface area contributed by atoms with Crippen LogP contribution in [0.15, 0.2) is 58.5 Å². The highest BCUT2D eigenvalue weighted by molar-refractivity contribution is 7.89. The zero-order valence-electron chi connectivity index (χ0n) is 16.0. The number of hydrogen-bond donors (Lipinski definition) is 0. The van der Waals surface area contributed by atoms with E-state index in [1.165, 1.54) is 4.31 Å². The molecule has 28 heavy (non-hydrogen) atoms. The summed E-state index contributed by atoms with van der Waals surface area (Å²) in [6.07, 6.45) is 2.76. The van der Waals surface area contributed by atoms with Crippen LogP contribution in [0.3, 0.4) is 0 Å². The molecule has 0 unspecified atom stereocenters. The minimum absolute atomic E-state index is 0.0460. The standard InChI is InChI=1S/C21H23N3O3S/c1-15-11-16(2)13-18(12-15)28(26,27)23-9-7-17(8-10-23)24-14-22-20-6-4-3-5-19(20)21(24)25/h3-6,11-14,17H,7-10H2,1-2H3. The number of sulfonamides is 1. The minimum Gasteiger partial charge on any atom is -0.296 e. The second-order valence-electron chi connectivity index (χ2n) is 7.43. The molecular formula is C21H23N3O3S. The summed E-state index contributed by atoms with van der Waals surface area (Å²) in [6, 6.07) is 12.6. The van der Waals surface area contributed by atoms with Crippen LogP contribution in [0.1, 0.15) is 30.0 Å². The predicted molar refractivity (Wildman–Crippen MR) is 109 cm³/mol. The molecule has 2 heterocycles. The maximum Gasteiger partial charge on any atom is 0.261 e. The third-order valence-corrected chi connectivity index (χ3v) is 7.22. The maximum atomic E-state index is 13.0. The van der Waals surface area contributed by atoms with E-state index in [4.69, 9.17) is 0 Å². The molecule has 0 radical (unpaired) electrons. The molecule has 0 atom stereocenters. The molecule has 1 saturated heterocycles. The Morgan fingerprint density at radius 1 is 1.00 bits per heavy atom. The lowest BCUT2D eigenvalue weighted by atomic mass is 10.1. The number of hydrogen-bond acceptors (Lipinski definition) is 4. The van der Waals surface area contributed by atoms with E-state index in [0.29, 0.717) is 41.7 Å². The minimum atomic E-state index is -3.53. The van der Waals surface area contributed by atoms with Crippen molar-refractivity contribution in [3.63, 3.8) is 0 Å². The first-order chi connectivity index (χ1) is 13.4. The van der Waals surface area contributed by atoms with Crippen LogP contribution in [0, 0.1) is 13.8 Å². The molecule has 0 amide bonds. The summed E-state index contributed by atoms with van der Waals surface area (Å²) < 4.78 is 29.2. The molecular weight excluding hydrogens is 374 g/mol. The molecule has 7 heteroatoms. The van der Waals surface area contributed by atoms with Gasteiger partial charge in [-0.25, -0.2) is 13.4 Å². The van der Waals surface area contributed by atoms with Gasteiger partial charge in [0, 0.05) is 19.1 Å². The second kappa shape index (κ2) is 7.14. The van der Waals surface area contributed by atoms with E-state index in [9.17, 15) is 13.2 Å². The molecule has 4 rings (SSSR count).